The normalized spacial score (nSPS) is 14.9. The summed E-state index contributed by atoms with van der Waals surface area (Å²) in [6, 6.07) is 12.2. The van der Waals surface area contributed by atoms with Crippen LogP contribution in [0.15, 0.2) is 53.8 Å². The fourth-order valence-electron chi connectivity index (χ4n) is 3.12. The summed E-state index contributed by atoms with van der Waals surface area (Å²) in [5.41, 5.74) is 1.12. The van der Waals surface area contributed by atoms with Crippen LogP contribution in [-0.4, -0.2) is 68.5 Å². The van der Waals surface area contributed by atoms with Gasteiger partial charge in [-0.25, -0.2) is 0 Å². The molecule has 0 unspecified atom stereocenters. The van der Waals surface area contributed by atoms with E-state index < -0.39 is 0 Å². The minimum absolute atomic E-state index is 0. The van der Waals surface area contributed by atoms with E-state index in [-0.39, 0.29) is 24.0 Å². The molecule has 0 bridgehead atoms. The monoisotopic (exact) mass is 513 g/mol. The molecule has 2 heterocycles. The van der Waals surface area contributed by atoms with Crippen molar-refractivity contribution < 1.29 is 9.47 Å². The van der Waals surface area contributed by atoms with Crippen LogP contribution >= 0.6 is 24.0 Å². The first-order valence-corrected chi connectivity index (χ1v) is 9.91. The van der Waals surface area contributed by atoms with Gasteiger partial charge in [-0.05, 0) is 18.2 Å². The van der Waals surface area contributed by atoms with Gasteiger partial charge in [-0.1, -0.05) is 18.2 Å². The lowest BCUT2D eigenvalue weighted by Crippen LogP contribution is -2.39. The van der Waals surface area contributed by atoms with Gasteiger partial charge in [-0.2, -0.15) is 0 Å². The number of aliphatic imine (C=N–C) groups is 1. The number of hydrogen-bond acceptors (Lipinski definition) is 4. The number of morpholine rings is 1. The standard InChI is InChI=1S/C21H31N5O2.HI/c1-22-21(23-8-11-25-9-4-5-10-25)24-18-19-6-2-3-7-20(19)28-17-14-26-12-15-27-16-13-26;/h2-7,9-10H,8,11-18H2,1H3,(H2,22,23,24);1H. The minimum Gasteiger partial charge on any atom is -0.492 e. The summed E-state index contributed by atoms with van der Waals surface area (Å²) in [5, 5.41) is 6.71. The lowest BCUT2D eigenvalue weighted by molar-refractivity contribution is 0.0322. The fourth-order valence-corrected chi connectivity index (χ4v) is 3.12. The molecule has 1 aromatic heterocycles. The SMILES string of the molecule is CN=C(NCCn1cccc1)NCc1ccccc1OCCN1CCOCC1.I. The zero-order chi connectivity index (χ0) is 19.4. The zero-order valence-corrected chi connectivity index (χ0v) is 19.4. The number of ether oxygens (including phenoxy) is 2. The van der Waals surface area contributed by atoms with Crippen LogP contribution in [0.25, 0.3) is 0 Å². The minimum atomic E-state index is 0. The molecule has 0 amide bonds. The summed E-state index contributed by atoms with van der Waals surface area (Å²) in [6.45, 7) is 7.58. The number of benzene rings is 1. The molecule has 2 N–H and O–H groups in total. The first-order chi connectivity index (χ1) is 13.8. The quantitative estimate of drug-likeness (QED) is 0.306. The number of hydrogen-bond donors (Lipinski definition) is 2. The van der Waals surface area contributed by atoms with E-state index in [0.717, 1.165) is 63.2 Å². The van der Waals surface area contributed by atoms with Gasteiger partial charge >= 0.3 is 0 Å². The largest absolute Gasteiger partial charge is 0.492 e. The lowest BCUT2D eigenvalue weighted by atomic mass is 10.2. The van der Waals surface area contributed by atoms with Crippen LogP contribution in [0.5, 0.6) is 5.75 Å². The maximum atomic E-state index is 6.05. The smallest absolute Gasteiger partial charge is 0.191 e. The Morgan fingerprint density at radius 1 is 1.07 bits per heavy atom. The van der Waals surface area contributed by atoms with Crippen molar-refractivity contribution in [1.29, 1.82) is 0 Å². The highest BCUT2D eigenvalue weighted by atomic mass is 127. The summed E-state index contributed by atoms with van der Waals surface area (Å²) in [7, 11) is 1.79. The maximum Gasteiger partial charge on any atom is 0.191 e. The Hall–Kier alpha value is -1.78. The number of nitrogens with zero attached hydrogens (tertiary/aromatic N) is 3. The second-order valence-corrected chi connectivity index (χ2v) is 6.68. The Bertz CT molecular complexity index is 718. The number of rotatable bonds is 9. The number of guanidine groups is 1. The Kier molecular flexibility index (Phi) is 10.9. The van der Waals surface area contributed by atoms with E-state index in [1.807, 2.05) is 30.3 Å². The third-order valence-electron chi connectivity index (χ3n) is 4.74. The van der Waals surface area contributed by atoms with E-state index in [0.29, 0.717) is 13.2 Å². The van der Waals surface area contributed by atoms with Crippen molar-refractivity contribution in [1.82, 2.24) is 20.1 Å². The highest BCUT2D eigenvalue weighted by Crippen LogP contribution is 2.17. The van der Waals surface area contributed by atoms with Gasteiger partial charge in [-0.3, -0.25) is 9.89 Å². The Morgan fingerprint density at radius 2 is 1.83 bits per heavy atom. The highest BCUT2D eigenvalue weighted by molar-refractivity contribution is 14.0. The van der Waals surface area contributed by atoms with Gasteiger partial charge in [0.15, 0.2) is 5.96 Å². The molecule has 0 radical (unpaired) electrons. The van der Waals surface area contributed by atoms with Crippen LogP contribution in [0, 0.1) is 0 Å². The molecule has 1 saturated heterocycles. The van der Waals surface area contributed by atoms with Crippen molar-refractivity contribution in [3.05, 3.63) is 54.4 Å². The molecular weight excluding hydrogens is 481 g/mol. The van der Waals surface area contributed by atoms with Gasteiger partial charge in [-0.15, -0.1) is 24.0 Å². The van der Waals surface area contributed by atoms with Crippen molar-refractivity contribution in [3.8, 4) is 5.75 Å². The van der Waals surface area contributed by atoms with Crippen LogP contribution in [0.1, 0.15) is 5.56 Å². The molecule has 2 aromatic rings. The van der Waals surface area contributed by atoms with E-state index in [1.165, 1.54) is 0 Å². The third kappa shape index (κ3) is 8.23. The molecular formula is C21H32IN5O2. The van der Waals surface area contributed by atoms with Crippen LogP contribution in [0.4, 0.5) is 0 Å². The molecule has 3 rings (SSSR count). The third-order valence-corrected chi connectivity index (χ3v) is 4.74. The molecule has 0 saturated carbocycles. The van der Waals surface area contributed by atoms with Crippen LogP contribution in [0.3, 0.4) is 0 Å². The summed E-state index contributed by atoms with van der Waals surface area (Å²) >= 11 is 0. The van der Waals surface area contributed by atoms with Gasteiger partial charge in [0, 0.05) is 64.3 Å². The molecule has 29 heavy (non-hydrogen) atoms. The highest BCUT2D eigenvalue weighted by Gasteiger charge is 2.10. The predicted octanol–water partition coefficient (Wildman–Crippen LogP) is 2.18. The molecule has 0 aliphatic carbocycles. The summed E-state index contributed by atoms with van der Waals surface area (Å²) in [6.07, 6.45) is 4.12. The molecule has 8 heteroatoms. The average molecular weight is 513 g/mol. The summed E-state index contributed by atoms with van der Waals surface area (Å²) < 4.78 is 13.6. The van der Waals surface area contributed by atoms with E-state index in [2.05, 4.69) is 43.6 Å². The average Bonchev–Trinajstić information content (AvgIpc) is 3.26. The lowest BCUT2D eigenvalue weighted by Gasteiger charge is -2.26. The van der Waals surface area contributed by atoms with E-state index >= 15 is 0 Å². The zero-order valence-electron chi connectivity index (χ0n) is 17.0. The maximum absolute atomic E-state index is 6.05. The van der Waals surface area contributed by atoms with E-state index in [9.17, 15) is 0 Å². The summed E-state index contributed by atoms with van der Waals surface area (Å²) in [4.78, 5) is 6.68. The Morgan fingerprint density at radius 3 is 2.59 bits per heavy atom. The fraction of sp³-hybridized carbons (Fsp3) is 0.476. The summed E-state index contributed by atoms with van der Waals surface area (Å²) in [5.74, 6) is 1.71. The van der Waals surface area contributed by atoms with Crippen LogP contribution in [-0.2, 0) is 17.8 Å². The van der Waals surface area contributed by atoms with Gasteiger partial charge < -0.3 is 24.7 Å². The number of halogens is 1. The molecule has 0 atom stereocenters. The van der Waals surface area contributed by atoms with Crippen molar-refractivity contribution in [2.24, 2.45) is 4.99 Å². The molecule has 1 aliphatic rings. The van der Waals surface area contributed by atoms with Crippen molar-refractivity contribution >= 4 is 29.9 Å². The second-order valence-electron chi connectivity index (χ2n) is 6.68. The molecule has 1 aromatic carbocycles. The molecule has 7 nitrogen and oxygen atoms in total. The van der Waals surface area contributed by atoms with Crippen molar-refractivity contribution in [3.63, 3.8) is 0 Å². The van der Waals surface area contributed by atoms with Crippen LogP contribution in [0.2, 0.25) is 0 Å². The van der Waals surface area contributed by atoms with Gasteiger partial charge in [0.2, 0.25) is 0 Å². The topological polar surface area (TPSA) is 63.0 Å². The van der Waals surface area contributed by atoms with Crippen molar-refractivity contribution in [2.45, 2.75) is 13.1 Å². The molecule has 160 valence electrons. The molecule has 1 fully saturated rings. The van der Waals surface area contributed by atoms with Gasteiger partial charge in [0.25, 0.3) is 0 Å². The Labute approximate surface area is 190 Å². The first-order valence-electron chi connectivity index (χ1n) is 9.91. The first kappa shape index (κ1) is 23.5. The number of para-hydroxylation sites is 1. The van der Waals surface area contributed by atoms with E-state index in [1.54, 1.807) is 7.05 Å². The van der Waals surface area contributed by atoms with Gasteiger partial charge in [0.05, 0.1) is 13.2 Å². The Balaban J connectivity index is 0.00000300. The van der Waals surface area contributed by atoms with Gasteiger partial charge in [0.1, 0.15) is 12.4 Å². The second kappa shape index (κ2) is 13.4. The van der Waals surface area contributed by atoms with Crippen LogP contribution < -0.4 is 15.4 Å². The number of nitrogens with one attached hydrogen (secondary N) is 2. The predicted molar refractivity (Wildman–Crippen MR) is 127 cm³/mol. The molecule has 1 aliphatic heterocycles. The van der Waals surface area contributed by atoms with Crippen molar-refractivity contribution in [2.75, 3.05) is 53.0 Å². The number of aromatic nitrogens is 1. The van der Waals surface area contributed by atoms with E-state index in [4.69, 9.17) is 9.47 Å². The molecule has 0 spiro atoms.